The number of carbonyl (C=O) groups excluding carboxylic acids is 2. The number of amides is 2. The molecule has 0 bridgehead atoms. The molecule has 128 valence electrons. The molecular formula is C8H10F6N2O5P+. The molecule has 0 saturated carbocycles. The minimum atomic E-state index is -5.20. The Morgan fingerprint density at radius 3 is 1.36 bits per heavy atom. The summed E-state index contributed by atoms with van der Waals surface area (Å²) in [5.41, 5.74) is 0. The zero-order chi connectivity index (χ0) is 17.7. The third-order valence-electron chi connectivity index (χ3n) is 1.67. The van der Waals surface area contributed by atoms with Crippen molar-refractivity contribution >= 4 is 20.1 Å². The number of hydrogen-bond donors (Lipinski definition) is 2. The van der Waals surface area contributed by atoms with Crippen molar-refractivity contribution in [3.05, 3.63) is 0 Å². The van der Waals surface area contributed by atoms with E-state index in [0.717, 1.165) is 13.8 Å². The first-order valence-electron chi connectivity index (χ1n) is 5.29. The molecule has 0 saturated heterocycles. The summed E-state index contributed by atoms with van der Waals surface area (Å²) in [4.78, 5) is 21.0. The lowest BCUT2D eigenvalue weighted by atomic mass is 10.5. The molecule has 0 fully saturated rings. The average Bonchev–Trinajstić information content (AvgIpc) is 2.24. The third-order valence-corrected chi connectivity index (χ3v) is 2.65. The molecule has 0 aromatic carbocycles. The first-order valence-corrected chi connectivity index (χ1v) is 6.39. The molecule has 0 radical (unpaired) electrons. The van der Waals surface area contributed by atoms with Crippen molar-refractivity contribution in [3.63, 3.8) is 0 Å². The first-order chi connectivity index (χ1) is 9.73. The summed E-state index contributed by atoms with van der Waals surface area (Å²) in [5.74, 6) is -4.75. The van der Waals surface area contributed by atoms with Crippen molar-refractivity contribution in [3.8, 4) is 0 Å². The molecule has 7 nitrogen and oxygen atoms in total. The first kappa shape index (κ1) is 20.5. The van der Waals surface area contributed by atoms with E-state index in [4.69, 9.17) is 0 Å². The lowest BCUT2D eigenvalue weighted by Gasteiger charge is -2.11. The fraction of sp³-hybridized carbons (Fsp3) is 0.750. The zero-order valence-electron chi connectivity index (χ0n) is 10.9. The number of carbonyl (C=O) groups is 2. The molecule has 22 heavy (non-hydrogen) atoms. The van der Waals surface area contributed by atoms with Gasteiger partial charge in [-0.05, 0) is 13.8 Å². The van der Waals surface area contributed by atoms with Gasteiger partial charge in [0.2, 0.25) is 0 Å². The number of halogens is 6. The molecule has 2 amide bonds. The van der Waals surface area contributed by atoms with E-state index in [2.05, 4.69) is 9.05 Å². The highest BCUT2D eigenvalue weighted by molar-refractivity contribution is 7.33. The Kier molecular flexibility index (Phi) is 7.19. The van der Waals surface area contributed by atoms with Gasteiger partial charge < -0.3 is 10.6 Å². The fourth-order valence-corrected chi connectivity index (χ4v) is 1.54. The van der Waals surface area contributed by atoms with Crippen molar-refractivity contribution in [2.24, 2.45) is 0 Å². The van der Waals surface area contributed by atoms with Crippen LogP contribution in [0.4, 0.5) is 26.3 Å². The molecule has 0 aliphatic carbocycles. The summed E-state index contributed by atoms with van der Waals surface area (Å²) in [6, 6.07) is 0. The van der Waals surface area contributed by atoms with E-state index in [1.54, 1.807) is 0 Å². The van der Waals surface area contributed by atoms with E-state index in [0.29, 0.717) is 0 Å². The highest BCUT2D eigenvalue weighted by atomic mass is 31.1. The van der Waals surface area contributed by atoms with Crippen LogP contribution in [0.1, 0.15) is 13.8 Å². The second-order valence-corrected chi connectivity index (χ2v) is 4.53. The lowest BCUT2D eigenvalue weighted by molar-refractivity contribution is -0.176. The van der Waals surface area contributed by atoms with Gasteiger partial charge in [0.25, 0.3) is 0 Å². The molecule has 2 unspecified atom stereocenters. The number of rotatable bonds is 6. The molecule has 2 N–H and O–H groups in total. The summed E-state index contributed by atoms with van der Waals surface area (Å²) in [6.45, 7) is 1.75. The second-order valence-electron chi connectivity index (χ2n) is 3.66. The van der Waals surface area contributed by atoms with Crippen LogP contribution in [0.3, 0.4) is 0 Å². The Morgan fingerprint density at radius 2 is 1.14 bits per heavy atom. The normalized spacial score (nSPS) is 15.7. The molecule has 0 rings (SSSR count). The maximum absolute atomic E-state index is 11.9. The summed E-state index contributed by atoms with van der Waals surface area (Å²) >= 11 is 0. The number of nitrogens with one attached hydrogen (secondary N) is 2. The molecule has 0 aliphatic heterocycles. The van der Waals surface area contributed by atoms with E-state index < -0.39 is 44.9 Å². The summed E-state index contributed by atoms with van der Waals surface area (Å²) in [7, 11) is -3.21. The molecule has 2 atom stereocenters. The van der Waals surface area contributed by atoms with Gasteiger partial charge in [-0.3, -0.25) is 9.59 Å². The van der Waals surface area contributed by atoms with Gasteiger partial charge in [0.05, 0.1) is 0 Å². The van der Waals surface area contributed by atoms with Crippen molar-refractivity contribution in [2.45, 2.75) is 38.7 Å². The number of hydrogen-bond acceptors (Lipinski definition) is 5. The Labute approximate surface area is 120 Å². The van der Waals surface area contributed by atoms with E-state index in [1.165, 1.54) is 10.6 Å². The van der Waals surface area contributed by atoms with Gasteiger partial charge in [-0.1, -0.05) is 9.05 Å². The minimum absolute atomic E-state index is 0.874. The second kappa shape index (κ2) is 7.70. The predicted molar refractivity (Wildman–Crippen MR) is 57.1 cm³/mol. The molecular weight excluding hydrogens is 349 g/mol. The van der Waals surface area contributed by atoms with E-state index >= 15 is 0 Å². The molecule has 14 heteroatoms. The van der Waals surface area contributed by atoms with Gasteiger partial charge >= 0.3 is 32.4 Å². The van der Waals surface area contributed by atoms with Gasteiger partial charge in [0.15, 0.2) is 12.5 Å². The molecule has 0 aromatic heterocycles. The minimum Gasteiger partial charge on any atom is -0.319 e. The van der Waals surface area contributed by atoms with E-state index in [1.807, 2.05) is 0 Å². The summed E-state index contributed by atoms with van der Waals surface area (Å²) < 4.78 is 91.0. The monoisotopic (exact) mass is 359 g/mol. The van der Waals surface area contributed by atoms with E-state index in [9.17, 15) is 40.5 Å². The largest absolute Gasteiger partial charge is 0.701 e. The van der Waals surface area contributed by atoms with Crippen molar-refractivity contribution in [1.82, 2.24) is 10.6 Å². The Balaban J connectivity index is 4.29. The predicted octanol–water partition coefficient (Wildman–Crippen LogP) is 1.73. The van der Waals surface area contributed by atoms with Crippen molar-refractivity contribution in [1.29, 1.82) is 0 Å². The van der Waals surface area contributed by atoms with Crippen molar-refractivity contribution in [2.75, 3.05) is 0 Å². The van der Waals surface area contributed by atoms with Crippen LogP contribution in [0.2, 0.25) is 0 Å². The number of alkyl halides is 6. The van der Waals surface area contributed by atoms with Crippen LogP contribution in [0.25, 0.3) is 0 Å². The van der Waals surface area contributed by atoms with Crippen LogP contribution in [0, 0.1) is 0 Å². The molecule has 0 heterocycles. The van der Waals surface area contributed by atoms with Crippen LogP contribution >= 0.6 is 8.25 Å². The molecule has 0 aliphatic rings. The maximum atomic E-state index is 11.9. The standard InChI is InChI=1S/C8H9F6N2O5P/c1-3(15-5(17)7(9,10)11)20-22(19)21-4(2)16-6(18)8(12,13)14/h3-4H,1-2H3,(H-,15,16,17,18)/p+1. The van der Waals surface area contributed by atoms with Gasteiger partial charge in [0.1, 0.15) is 0 Å². The third kappa shape index (κ3) is 8.10. The Bertz CT molecular complexity index is 402. The zero-order valence-corrected chi connectivity index (χ0v) is 11.8. The lowest BCUT2D eigenvalue weighted by Crippen LogP contribution is -2.43. The van der Waals surface area contributed by atoms with Gasteiger partial charge in [-0.15, -0.1) is 0 Å². The quantitative estimate of drug-likeness (QED) is 0.428. The summed E-state index contributed by atoms with van der Waals surface area (Å²) in [6.07, 6.45) is -13.8. The highest BCUT2D eigenvalue weighted by Gasteiger charge is 2.42. The average molecular weight is 359 g/mol. The fourth-order valence-electron chi connectivity index (χ4n) is 0.869. The SMILES string of the molecule is CC(NC(=O)C(F)(F)F)O[P+](=O)OC(C)NC(=O)C(F)(F)F. The Morgan fingerprint density at radius 1 is 0.864 bits per heavy atom. The molecule has 0 aromatic rings. The van der Waals surface area contributed by atoms with Crippen LogP contribution in [0.5, 0.6) is 0 Å². The van der Waals surface area contributed by atoms with Crippen LogP contribution in [-0.2, 0) is 23.2 Å². The van der Waals surface area contributed by atoms with E-state index in [-0.39, 0.29) is 0 Å². The summed E-state index contributed by atoms with van der Waals surface area (Å²) in [5, 5.41) is 2.54. The van der Waals surface area contributed by atoms with Crippen molar-refractivity contribution < 1.29 is 49.5 Å². The van der Waals surface area contributed by atoms with Gasteiger partial charge in [-0.25, -0.2) is 0 Å². The van der Waals surface area contributed by atoms with Crippen LogP contribution in [0.15, 0.2) is 0 Å². The maximum Gasteiger partial charge on any atom is 0.701 e. The van der Waals surface area contributed by atoms with Crippen LogP contribution in [-0.4, -0.2) is 36.6 Å². The topological polar surface area (TPSA) is 93.7 Å². The smallest absolute Gasteiger partial charge is 0.319 e. The highest BCUT2D eigenvalue weighted by Crippen LogP contribution is 2.27. The van der Waals surface area contributed by atoms with Gasteiger partial charge in [-0.2, -0.15) is 26.3 Å². The Hall–Kier alpha value is -1.46. The van der Waals surface area contributed by atoms with Crippen LogP contribution < -0.4 is 10.6 Å². The van der Waals surface area contributed by atoms with Gasteiger partial charge in [0, 0.05) is 4.57 Å². The molecule has 0 spiro atoms.